The average molecular weight is 693 g/mol. The molecule has 48 heavy (non-hydrogen) atoms. The zero-order valence-corrected chi connectivity index (χ0v) is 27.6. The molecule has 0 saturated carbocycles. The standard InChI is InChI=1S/C34H27F3N4O5S2/c1-18(2)45-31(43)28-19(3)38-33-41(29(28)21-10-12-22(44-4)13-11-21)30(42)25(47-33)16-23-14-15-27(46-23)48-32-39-24(20-8-6-5-7-9-20)17-26(40-32)34(35,36)37/h5-18,29H,1-4H3/b25-16+/t29-/m1/s1. The highest BCUT2D eigenvalue weighted by Crippen LogP contribution is 2.35. The molecule has 0 saturated heterocycles. The molecule has 246 valence electrons. The summed E-state index contributed by atoms with van der Waals surface area (Å²) in [6.07, 6.45) is -3.55. The van der Waals surface area contributed by atoms with Crippen molar-refractivity contribution in [2.24, 2.45) is 4.99 Å². The van der Waals surface area contributed by atoms with Crippen molar-refractivity contribution in [3.63, 3.8) is 0 Å². The maximum atomic E-state index is 13.9. The van der Waals surface area contributed by atoms with E-state index in [4.69, 9.17) is 13.9 Å². The van der Waals surface area contributed by atoms with Crippen LogP contribution in [-0.4, -0.2) is 33.7 Å². The van der Waals surface area contributed by atoms with Gasteiger partial charge in [-0.15, -0.1) is 0 Å². The molecule has 1 aliphatic heterocycles. The summed E-state index contributed by atoms with van der Waals surface area (Å²) in [5, 5.41) is 0.0674. The second kappa shape index (κ2) is 13.3. The first-order valence-corrected chi connectivity index (χ1v) is 16.2. The van der Waals surface area contributed by atoms with E-state index in [-0.39, 0.29) is 31.8 Å². The van der Waals surface area contributed by atoms with E-state index in [0.717, 1.165) is 29.2 Å². The van der Waals surface area contributed by atoms with Gasteiger partial charge in [-0.25, -0.2) is 19.8 Å². The Balaban J connectivity index is 1.37. The largest absolute Gasteiger partial charge is 0.497 e. The summed E-state index contributed by atoms with van der Waals surface area (Å²) in [5.74, 6) is 0.298. The normalized spacial score (nSPS) is 15.0. The molecule has 0 spiro atoms. The number of hydrogen-bond donors (Lipinski definition) is 0. The van der Waals surface area contributed by atoms with Gasteiger partial charge in [0.1, 0.15) is 17.2 Å². The van der Waals surface area contributed by atoms with Crippen LogP contribution >= 0.6 is 23.1 Å². The SMILES string of the molecule is COc1ccc([C@@H]2C(C(=O)OC(C)C)=C(C)N=c3s/c(=C/c4ccc(Sc5nc(-c6ccccc6)cc(C(F)(F)F)n5)o4)c(=O)n32)cc1. The lowest BCUT2D eigenvalue weighted by atomic mass is 9.96. The van der Waals surface area contributed by atoms with Crippen LogP contribution in [0.1, 0.15) is 43.8 Å². The third-order valence-corrected chi connectivity index (χ3v) is 8.92. The monoisotopic (exact) mass is 692 g/mol. The molecular weight excluding hydrogens is 666 g/mol. The van der Waals surface area contributed by atoms with Crippen LogP contribution in [-0.2, 0) is 15.7 Å². The van der Waals surface area contributed by atoms with Gasteiger partial charge in [-0.2, -0.15) is 13.2 Å². The predicted octanol–water partition coefficient (Wildman–Crippen LogP) is 6.42. The minimum Gasteiger partial charge on any atom is -0.497 e. The molecule has 4 heterocycles. The van der Waals surface area contributed by atoms with E-state index in [1.54, 1.807) is 94.6 Å². The van der Waals surface area contributed by atoms with Gasteiger partial charge in [0.2, 0.25) is 0 Å². The van der Waals surface area contributed by atoms with Crippen LogP contribution < -0.4 is 19.6 Å². The van der Waals surface area contributed by atoms with Crippen molar-refractivity contribution in [1.82, 2.24) is 14.5 Å². The Kier molecular flexibility index (Phi) is 9.12. The summed E-state index contributed by atoms with van der Waals surface area (Å²) in [7, 11) is 1.54. The molecule has 9 nitrogen and oxygen atoms in total. The van der Waals surface area contributed by atoms with Crippen LogP contribution in [0, 0.1) is 0 Å². The molecule has 0 fully saturated rings. The summed E-state index contributed by atoms with van der Waals surface area (Å²) in [6.45, 7) is 5.17. The molecule has 0 aliphatic carbocycles. The molecule has 0 unspecified atom stereocenters. The van der Waals surface area contributed by atoms with Gasteiger partial charge in [-0.1, -0.05) is 53.8 Å². The van der Waals surface area contributed by atoms with E-state index in [9.17, 15) is 22.8 Å². The third kappa shape index (κ3) is 6.85. The Bertz CT molecular complexity index is 2210. The van der Waals surface area contributed by atoms with Gasteiger partial charge >= 0.3 is 12.1 Å². The number of carbonyl (C=O) groups is 1. The van der Waals surface area contributed by atoms with Crippen LogP contribution in [0.3, 0.4) is 0 Å². The zero-order valence-electron chi connectivity index (χ0n) is 25.9. The van der Waals surface area contributed by atoms with E-state index in [2.05, 4.69) is 15.0 Å². The van der Waals surface area contributed by atoms with Crippen molar-refractivity contribution in [2.75, 3.05) is 7.11 Å². The highest BCUT2D eigenvalue weighted by molar-refractivity contribution is 7.99. The first-order chi connectivity index (χ1) is 22.9. The number of nitrogens with zero attached hydrogens (tertiary/aromatic N) is 4. The Morgan fingerprint density at radius 2 is 1.79 bits per heavy atom. The number of aromatic nitrogens is 3. The number of allylic oxidation sites excluding steroid dienone is 1. The van der Waals surface area contributed by atoms with Gasteiger partial charge < -0.3 is 13.9 Å². The van der Waals surface area contributed by atoms with E-state index in [1.165, 1.54) is 10.6 Å². The van der Waals surface area contributed by atoms with Gasteiger partial charge in [-0.05, 0) is 68.4 Å². The Hall–Kier alpha value is -4.95. The highest BCUT2D eigenvalue weighted by Gasteiger charge is 2.35. The van der Waals surface area contributed by atoms with Crippen LogP contribution in [0.4, 0.5) is 13.2 Å². The lowest BCUT2D eigenvalue weighted by Crippen LogP contribution is -2.40. The van der Waals surface area contributed by atoms with E-state index >= 15 is 0 Å². The fourth-order valence-electron chi connectivity index (χ4n) is 5.02. The molecule has 0 amide bonds. The van der Waals surface area contributed by atoms with Crippen molar-refractivity contribution in [1.29, 1.82) is 0 Å². The van der Waals surface area contributed by atoms with E-state index < -0.39 is 35.5 Å². The minimum atomic E-state index is -4.68. The summed E-state index contributed by atoms with van der Waals surface area (Å²) in [4.78, 5) is 40.2. The lowest BCUT2D eigenvalue weighted by Gasteiger charge is -2.25. The number of methoxy groups -OCH3 is 1. The molecule has 6 rings (SSSR count). The molecule has 0 N–H and O–H groups in total. The number of ether oxygens (including phenoxy) is 2. The number of furan rings is 1. The molecule has 5 aromatic rings. The number of hydrogen-bond acceptors (Lipinski definition) is 10. The average Bonchev–Trinajstić information content (AvgIpc) is 3.62. The maximum absolute atomic E-state index is 13.9. The van der Waals surface area contributed by atoms with Crippen LogP contribution in [0.15, 0.2) is 109 Å². The molecular formula is C34H27F3N4O5S2. The van der Waals surface area contributed by atoms with Gasteiger partial charge in [0, 0.05) is 11.6 Å². The summed E-state index contributed by atoms with van der Waals surface area (Å²) in [5.41, 5.74) is 0.438. The highest BCUT2D eigenvalue weighted by atomic mass is 32.2. The summed E-state index contributed by atoms with van der Waals surface area (Å²) >= 11 is 1.94. The first kappa shape index (κ1) is 33.0. The van der Waals surface area contributed by atoms with E-state index in [1.807, 2.05) is 0 Å². The van der Waals surface area contributed by atoms with E-state index in [0.29, 0.717) is 27.4 Å². The van der Waals surface area contributed by atoms with Gasteiger partial charge in [0.25, 0.3) is 5.56 Å². The summed E-state index contributed by atoms with van der Waals surface area (Å²) < 4.78 is 59.5. The molecule has 0 radical (unpaired) electrons. The number of rotatable bonds is 8. The van der Waals surface area contributed by atoms with Crippen molar-refractivity contribution >= 4 is 35.1 Å². The smallest absolute Gasteiger partial charge is 0.433 e. The second-order valence-corrected chi connectivity index (χ2v) is 12.8. The third-order valence-electron chi connectivity index (χ3n) is 7.15. The first-order valence-electron chi connectivity index (χ1n) is 14.6. The number of carbonyl (C=O) groups excluding carboxylic acids is 1. The topological polar surface area (TPSA) is 109 Å². The van der Waals surface area contributed by atoms with Crippen LogP contribution in [0.25, 0.3) is 17.3 Å². The predicted molar refractivity (Wildman–Crippen MR) is 173 cm³/mol. The molecule has 2 aromatic carbocycles. The fourth-order valence-corrected chi connectivity index (χ4v) is 6.79. The second-order valence-electron chi connectivity index (χ2n) is 10.9. The van der Waals surface area contributed by atoms with Crippen molar-refractivity contribution in [2.45, 2.75) is 49.3 Å². The van der Waals surface area contributed by atoms with Crippen molar-refractivity contribution < 1.29 is 31.9 Å². The van der Waals surface area contributed by atoms with Gasteiger partial charge in [0.05, 0.1) is 40.8 Å². The zero-order chi connectivity index (χ0) is 34.2. The quantitative estimate of drug-likeness (QED) is 0.136. The number of benzene rings is 2. The van der Waals surface area contributed by atoms with Crippen molar-refractivity contribution in [3.8, 4) is 17.0 Å². The maximum Gasteiger partial charge on any atom is 0.433 e. The van der Waals surface area contributed by atoms with Crippen molar-refractivity contribution in [3.05, 3.63) is 121 Å². The number of fused-ring (bicyclic) bond motifs is 1. The Labute approximate surface area is 280 Å². The number of halogens is 3. The molecule has 1 aliphatic rings. The number of alkyl halides is 3. The number of thiazole rings is 1. The fraction of sp³-hybridized carbons (Fsp3) is 0.206. The lowest BCUT2D eigenvalue weighted by molar-refractivity contribution is -0.143. The molecule has 1 atom stereocenters. The molecule has 0 bridgehead atoms. The Morgan fingerprint density at radius 1 is 1.06 bits per heavy atom. The minimum absolute atomic E-state index is 0.117. The van der Waals surface area contributed by atoms with Gasteiger partial charge in [0.15, 0.2) is 15.1 Å². The Morgan fingerprint density at radius 3 is 2.46 bits per heavy atom. The molecule has 14 heteroatoms. The van der Waals surface area contributed by atoms with Crippen LogP contribution in [0.5, 0.6) is 5.75 Å². The van der Waals surface area contributed by atoms with Gasteiger partial charge in [-0.3, -0.25) is 9.36 Å². The number of esters is 1. The molecule has 3 aromatic heterocycles. The van der Waals surface area contributed by atoms with Crippen LogP contribution in [0.2, 0.25) is 0 Å². The summed E-state index contributed by atoms with van der Waals surface area (Å²) in [6, 6.07) is 18.8.